The number of benzene rings is 1. The Morgan fingerprint density at radius 1 is 1.14 bits per heavy atom. The number of rotatable bonds is 10. The van der Waals surface area contributed by atoms with Gasteiger partial charge in [0.25, 0.3) is 0 Å². The number of anilines is 2. The van der Waals surface area contributed by atoms with Gasteiger partial charge in [0.1, 0.15) is 0 Å². The molecule has 0 aliphatic carbocycles. The number of nitrogens with zero attached hydrogens (tertiary/aromatic N) is 1. The number of hydrogen-bond donors (Lipinski definition) is 3. The molecule has 0 spiro atoms. The van der Waals surface area contributed by atoms with Crippen LogP contribution in [-0.2, 0) is 24.7 Å². The average Bonchev–Trinajstić information content (AvgIpc) is 3.00. The van der Waals surface area contributed by atoms with Crippen molar-refractivity contribution in [2.24, 2.45) is 0 Å². The van der Waals surface area contributed by atoms with Crippen LogP contribution in [-0.4, -0.2) is 70.8 Å². The van der Waals surface area contributed by atoms with Crippen molar-refractivity contribution >= 4 is 37.1 Å². The zero-order chi connectivity index (χ0) is 21.7. The second kappa shape index (κ2) is 9.77. The van der Waals surface area contributed by atoms with Crippen molar-refractivity contribution in [3.05, 3.63) is 18.2 Å². The molecule has 0 aromatic heterocycles. The van der Waals surface area contributed by atoms with Crippen molar-refractivity contribution in [3.63, 3.8) is 0 Å². The Kier molecular flexibility index (Phi) is 7.89. The van der Waals surface area contributed by atoms with Gasteiger partial charge in [-0.2, -0.15) is 4.31 Å². The molecule has 0 bridgehead atoms. The van der Waals surface area contributed by atoms with E-state index in [-0.39, 0.29) is 34.9 Å². The van der Waals surface area contributed by atoms with Crippen molar-refractivity contribution in [1.82, 2.24) is 9.62 Å². The molecule has 1 amide bonds. The Morgan fingerprint density at radius 2 is 1.83 bits per heavy atom. The van der Waals surface area contributed by atoms with Gasteiger partial charge in [0, 0.05) is 25.7 Å². The number of sulfonamides is 1. The fourth-order valence-corrected chi connectivity index (χ4v) is 6.41. The number of sulfone groups is 1. The standard InChI is InChI=1S/C18H30N4O5S2/c1-4-19-16-8-7-15(29(26,27)22(5-2)6-3)11-17(16)20-12-18(23)21-14-9-10-28(24,25)13-14/h7-8,11,14,19-20H,4-6,9-10,12-13H2,1-3H3,(H,21,23). The fraction of sp³-hybridized carbons (Fsp3) is 0.611. The summed E-state index contributed by atoms with van der Waals surface area (Å²) in [5.41, 5.74) is 1.18. The summed E-state index contributed by atoms with van der Waals surface area (Å²) in [7, 11) is -6.70. The molecule has 0 radical (unpaired) electrons. The molecule has 9 nitrogen and oxygen atoms in total. The summed E-state index contributed by atoms with van der Waals surface area (Å²) in [6, 6.07) is 4.35. The predicted octanol–water partition coefficient (Wildman–Crippen LogP) is 0.864. The second-order valence-electron chi connectivity index (χ2n) is 6.85. The Morgan fingerprint density at radius 3 is 2.38 bits per heavy atom. The molecule has 1 heterocycles. The first-order valence-electron chi connectivity index (χ1n) is 9.74. The van der Waals surface area contributed by atoms with Crippen LogP contribution in [0.1, 0.15) is 27.2 Å². The third-order valence-corrected chi connectivity index (χ3v) is 8.55. The summed E-state index contributed by atoms with van der Waals surface area (Å²) in [5, 5.41) is 8.82. The van der Waals surface area contributed by atoms with Crippen LogP contribution in [0.3, 0.4) is 0 Å². The first kappa shape index (κ1) is 23.4. The van der Waals surface area contributed by atoms with E-state index >= 15 is 0 Å². The zero-order valence-electron chi connectivity index (χ0n) is 17.1. The highest BCUT2D eigenvalue weighted by molar-refractivity contribution is 7.91. The van der Waals surface area contributed by atoms with Crippen LogP contribution in [0.2, 0.25) is 0 Å². The van der Waals surface area contributed by atoms with E-state index in [1.807, 2.05) is 6.92 Å². The van der Waals surface area contributed by atoms with Gasteiger partial charge in [-0.1, -0.05) is 13.8 Å². The van der Waals surface area contributed by atoms with Gasteiger partial charge in [0.05, 0.1) is 34.3 Å². The number of amides is 1. The molecular weight excluding hydrogens is 416 g/mol. The van der Waals surface area contributed by atoms with Gasteiger partial charge in [-0.15, -0.1) is 0 Å². The minimum Gasteiger partial charge on any atom is -0.384 e. The van der Waals surface area contributed by atoms with Crippen LogP contribution in [0.5, 0.6) is 0 Å². The monoisotopic (exact) mass is 446 g/mol. The Labute approximate surface area is 173 Å². The van der Waals surface area contributed by atoms with Crippen molar-refractivity contribution in [2.45, 2.75) is 38.1 Å². The van der Waals surface area contributed by atoms with E-state index in [1.165, 1.54) is 10.4 Å². The molecule has 3 N–H and O–H groups in total. The van der Waals surface area contributed by atoms with Gasteiger partial charge in [0.2, 0.25) is 15.9 Å². The maximum atomic E-state index is 12.8. The smallest absolute Gasteiger partial charge is 0.243 e. The maximum absolute atomic E-state index is 12.8. The van der Waals surface area contributed by atoms with Crippen molar-refractivity contribution < 1.29 is 21.6 Å². The molecule has 1 atom stereocenters. The summed E-state index contributed by atoms with van der Waals surface area (Å²) in [5.74, 6) is -0.299. The third-order valence-electron chi connectivity index (χ3n) is 4.74. The van der Waals surface area contributed by atoms with E-state index in [2.05, 4.69) is 16.0 Å². The summed E-state index contributed by atoms with van der Waals surface area (Å²) < 4.78 is 50.0. The van der Waals surface area contributed by atoms with Gasteiger partial charge in [-0.05, 0) is 31.5 Å². The summed E-state index contributed by atoms with van der Waals surface area (Å²) >= 11 is 0. The van der Waals surface area contributed by atoms with Crippen LogP contribution < -0.4 is 16.0 Å². The van der Waals surface area contributed by atoms with E-state index < -0.39 is 19.9 Å². The Hall–Kier alpha value is -1.85. The van der Waals surface area contributed by atoms with E-state index in [9.17, 15) is 21.6 Å². The number of carbonyl (C=O) groups is 1. The molecule has 1 aliphatic rings. The van der Waals surface area contributed by atoms with Gasteiger partial charge in [0.15, 0.2) is 9.84 Å². The number of hydrogen-bond acceptors (Lipinski definition) is 7. The zero-order valence-corrected chi connectivity index (χ0v) is 18.7. The Bertz CT molecular complexity index is 928. The molecule has 1 unspecified atom stereocenters. The highest BCUT2D eigenvalue weighted by atomic mass is 32.2. The van der Waals surface area contributed by atoms with Gasteiger partial charge < -0.3 is 16.0 Å². The molecule has 1 aromatic rings. The quantitative estimate of drug-likeness (QED) is 0.487. The molecule has 29 heavy (non-hydrogen) atoms. The highest BCUT2D eigenvalue weighted by Crippen LogP contribution is 2.27. The Balaban J connectivity index is 2.14. The molecule has 0 saturated carbocycles. The summed E-state index contributed by atoms with van der Waals surface area (Å²) in [4.78, 5) is 12.4. The second-order valence-corrected chi connectivity index (χ2v) is 11.0. The first-order valence-corrected chi connectivity index (χ1v) is 13.0. The van der Waals surface area contributed by atoms with Crippen LogP contribution in [0.4, 0.5) is 11.4 Å². The molecule has 1 aliphatic heterocycles. The van der Waals surface area contributed by atoms with Crippen LogP contribution in [0, 0.1) is 0 Å². The minimum atomic E-state index is -3.63. The van der Waals surface area contributed by atoms with E-state index in [0.717, 1.165) is 0 Å². The third kappa shape index (κ3) is 6.06. The molecule has 1 saturated heterocycles. The fourth-order valence-electron chi connectivity index (χ4n) is 3.25. The van der Waals surface area contributed by atoms with Gasteiger partial charge in [-0.25, -0.2) is 16.8 Å². The van der Waals surface area contributed by atoms with Gasteiger partial charge in [-0.3, -0.25) is 4.79 Å². The largest absolute Gasteiger partial charge is 0.384 e. The van der Waals surface area contributed by atoms with Crippen LogP contribution >= 0.6 is 0 Å². The normalized spacial score (nSPS) is 18.6. The molecule has 11 heteroatoms. The molecule has 1 aromatic carbocycles. The maximum Gasteiger partial charge on any atom is 0.243 e. The highest BCUT2D eigenvalue weighted by Gasteiger charge is 2.29. The summed E-state index contributed by atoms with van der Waals surface area (Å²) in [6.07, 6.45) is 0.411. The SMILES string of the molecule is CCNc1ccc(S(=O)(=O)N(CC)CC)cc1NCC(=O)NC1CCS(=O)(=O)C1. The molecular formula is C18H30N4O5S2. The lowest BCUT2D eigenvalue weighted by molar-refractivity contribution is -0.119. The van der Waals surface area contributed by atoms with E-state index in [1.54, 1.807) is 26.0 Å². The lowest BCUT2D eigenvalue weighted by atomic mass is 10.2. The van der Waals surface area contributed by atoms with Crippen molar-refractivity contribution in [1.29, 1.82) is 0 Å². The van der Waals surface area contributed by atoms with Crippen molar-refractivity contribution in [3.8, 4) is 0 Å². The van der Waals surface area contributed by atoms with Gasteiger partial charge >= 0.3 is 0 Å². The summed E-state index contributed by atoms with van der Waals surface area (Å²) in [6.45, 7) is 6.73. The molecule has 2 rings (SSSR count). The molecule has 1 fully saturated rings. The number of carbonyl (C=O) groups excluding carboxylic acids is 1. The first-order chi connectivity index (χ1) is 13.6. The number of nitrogens with one attached hydrogen (secondary N) is 3. The van der Waals surface area contributed by atoms with Crippen molar-refractivity contribution in [2.75, 3.05) is 48.3 Å². The minimum absolute atomic E-state index is 0.0427. The van der Waals surface area contributed by atoms with E-state index in [4.69, 9.17) is 0 Å². The molecule has 164 valence electrons. The van der Waals surface area contributed by atoms with Crippen LogP contribution in [0.15, 0.2) is 23.1 Å². The van der Waals surface area contributed by atoms with Crippen LogP contribution in [0.25, 0.3) is 0 Å². The lowest BCUT2D eigenvalue weighted by Gasteiger charge is -2.20. The van der Waals surface area contributed by atoms with E-state index in [0.29, 0.717) is 37.4 Å². The predicted molar refractivity (Wildman–Crippen MR) is 114 cm³/mol. The topological polar surface area (TPSA) is 125 Å². The average molecular weight is 447 g/mol. The lowest BCUT2D eigenvalue weighted by Crippen LogP contribution is -2.39.